The molecule has 18 heavy (non-hydrogen) atoms. The van der Waals surface area contributed by atoms with Crippen molar-refractivity contribution >= 4 is 5.69 Å². The highest BCUT2D eigenvalue weighted by Crippen LogP contribution is 2.27. The number of aromatic nitrogens is 1. The molecule has 0 bridgehead atoms. The van der Waals surface area contributed by atoms with E-state index in [-0.39, 0.29) is 12.1 Å². The minimum atomic E-state index is 0.0510. The monoisotopic (exact) mass is 249 g/mol. The number of nitrogens with zero attached hydrogens (tertiary/aromatic N) is 3. The molecule has 1 saturated heterocycles. The normalized spacial score (nSPS) is 20.2. The van der Waals surface area contributed by atoms with Crippen molar-refractivity contribution in [3.8, 4) is 0 Å². The Morgan fingerprint density at radius 3 is 2.72 bits per heavy atom. The zero-order chi connectivity index (χ0) is 13.3. The quantitative estimate of drug-likeness (QED) is 0.860. The molecule has 1 aromatic rings. The van der Waals surface area contributed by atoms with Crippen molar-refractivity contribution in [1.29, 1.82) is 0 Å². The number of aryl methyl sites for hydroxylation is 1. The Balaban J connectivity index is 2.29. The van der Waals surface area contributed by atoms with E-state index in [9.17, 15) is 5.11 Å². The fourth-order valence-corrected chi connectivity index (χ4v) is 2.44. The maximum absolute atomic E-state index is 9.44. The lowest BCUT2D eigenvalue weighted by Gasteiger charge is -2.46. The number of pyridine rings is 1. The van der Waals surface area contributed by atoms with E-state index < -0.39 is 0 Å². The highest BCUT2D eigenvalue weighted by atomic mass is 16.3. The van der Waals surface area contributed by atoms with Gasteiger partial charge in [-0.3, -0.25) is 9.88 Å². The largest absolute Gasteiger partial charge is 0.392 e. The van der Waals surface area contributed by atoms with Crippen molar-refractivity contribution in [3.63, 3.8) is 0 Å². The Hall–Kier alpha value is -1.13. The van der Waals surface area contributed by atoms with Crippen LogP contribution in [0, 0.1) is 6.92 Å². The van der Waals surface area contributed by atoms with E-state index in [0.29, 0.717) is 0 Å². The Bertz CT molecular complexity index is 431. The number of aliphatic hydroxyl groups is 1. The molecule has 0 radical (unpaired) electrons. The first-order valence-electron chi connectivity index (χ1n) is 6.46. The molecule has 4 heteroatoms. The van der Waals surface area contributed by atoms with E-state index in [1.165, 1.54) is 0 Å². The van der Waals surface area contributed by atoms with Crippen LogP contribution in [-0.4, -0.2) is 47.2 Å². The lowest BCUT2D eigenvalue weighted by atomic mass is 9.98. The smallest absolute Gasteiger partial charge is 0.0717 e. The van der Waals surface area contributed by atoms with Crippen LogP contribution in [-0.2, 0) is 6.61 Å². The molecule has 0 aliphatic carbocycles. The maximum Gasteiger partial charge on any atom is 0.0717 e. The van der Waals surface area contributed by atoms with Gasteiger partial charge in [-0.1, -0.05) is 0 Å². The van der Waals surface area contributed by atoms with E-state index in [4.69, 9.17) is 0 Å². The fourth-order valence-electron chi connectivity index (χ4n) is 2.44. The summed E-state index contributed by atoms with van der Waals surface area (Å²) in [6.07, 6.45) is 1.79. The van der Waals surface area contributed by atoms with Crippen LogP contribution in [0.5, 0.6) is 0 Å². The van der Waals surface area contributed by atoms with Gasteiger partial charge in [0, 0.05) is 48.3 Å². The SMILES string of the molecule is Cc1cc(N2CCN(C)C(C)(C)C2)c(CO)cn1. The van der Waals surface area contributed by atoms with Crippen molar-refractivity contribution in [2.45, 2.75) is 32.9 Å². The number of hydrogen-bond acceptors (Lipinski definition) is 4. The average Bonchev–Trinajstić information content (AvgIpc) is 2.32. The van der Waals surface area contributed by atoms with Gasteiger partial charge in [-0.2, -0.15) is 0 Å². The second-order valence-electron chi connectivity index (χ2n) is 5.77. The van der Waals surface area contributed by atoms with Gasteiger partial charge in [-0.15, -0.1) is 0 Å². The molecular formula is C14H23N3O. The van der Waals surface area contributed by atoms with Gasteiger partial charge in [0.2, 0.25) is 0 Å². The molecule has 0 spiro atoms. The molecule has 1 aromatic heterocycles. The first kappa shape index (κ1) is 13.3. The zero-order valence-electron chi connectivity index (χ0n) is 11.8. The van der Waals surface area contributed by atoms with Crippen molar-refractivity contribution in [1.82, 2.24) is 9.88 Å². The summed E-state index contributed by atoms with van der Waals surface area (Å²) < 4.78 is 0. The van der Waals surface area contributed by atoms with E-state index in [1.807, 2.05) is 6.92 Å². The molecule has 2 rings (SSSR count). The third-order valence-corrected chi connectivity index (χ3v) is 3.93. The molecule has 2 heterocycles. The highest BCUT2D eigenvalue weighted by molar-refractivity contribution is 5.54. The number of anilines is 1. The summed E-state index contributed by atoms with van der Waals surface area (Å²) in [6, 6.07) is 2.08. The van der Waals surface area contributed by atoms with Crippen LogP contribution >= 0.6 is 0 Å². The van der Waals surface area contributed by atoms with Gasteiger partial charge in [-0.25, -0.2) is 0 Å². The van der Waals surface area contributed by atoms with E-state index in [1.54, 1.807) is 6.20 Å². The molecule has 0 amide bonds. The Labute approximate surface area is 109 Å². The predicted octanol–water partition coefficient (Wildman–Crippen LogP) is 1.41. The fraction of sp³-hybridized carbons (Fsp3) is 0.643. The molecule has 0 aromatic carbocycles. The van der Waals surface area contributed by atoms with Gasteiger partial charge in [0.1, 0.15) is 0 Å². The van der Waals surface area contributed by atoms with Crippen molar-refractivity contribution < 1.29 is 5.11 Å². The number of hydrogen-bond donors (Lipinski definition) is 1. The molecule has 100 valence electrons. The molecule has 0 saturated carbocycles. The minimum absolute atomic E-state index is 0.0510. The maximum atomic E-state index is 9.44. The Morgan fingerprint density at radius 2 is 2.11 bits per heavy atom. The third-order valence-electron chi connectivity index (χ3n) is 3.93. The highest BCUT2D eigenvalue weighted by Gasteiger charge is 2.31. The summed E-state index contributed by atoms with van der Waals surface area (Å²) >= 11 is 0. The molecular weight excluding hydrogens is 226 g/mol. The van der Waals surface area contributed by atoms with Gasteiger partial charge >= 0.3 is 0 Å². The summed E-state index contributed by atoms with van der Waals surface area (Å²) in [5.74, 6) is 0. The number of piperazine rings is 1. The topological polar surface area (TPSA) is 39.6 Å². The molecule has 4 nitrogen and oxygen atoms in total. The lowest BCUT2D eigenvalue weighted by molar-refractivity contribution is 0.138. The summed E-state index contributed by atoms with van der Waals surface area (Å²) in [7, 11) is 2.17. The van der Waals surface area contributed by atoms with Gasteiger partial charge in [-0.05, 0) is 33.9 Å². The van der Waals surface area contributed by atoms with Crippen LogP contribution in [0.4, 0.5) is 5.69 Å². The van der Waals surface area contributed by atoms with Crippen LogP contribution in [0.25, 0.3) is 0 Å². The standard InChI is InChI=1S/C14H23N3O/c1-11-7-13(12(9-18)8-15-11)17-6-5-16(4)14(2,3)10-17/h7-8,18H,5-6,9-10H2,1-4H3. The van der Waals surface area contributed by atoms with Crippen molar-refractivity contribution in [3.05, 3.63) is 23.5 Å². The van der Waals surface area contributed by atoms with Gasteiger partial charge < -0.3 is 10.0 Å². The number of likely N-dealkylation sites (N-methyl/N-ethyl adjacent to an activating group) is 1. The van der Waals surface area contributed by atoms with Crippen LogP contribution in [0.15, 0.2) is 12.3 Å². The average molecular weight is 249 g/mol. The zero-order valence-corrected chi connectivity index (χ0v) is 11.8. The minimum Gasteiger partial charge on any atom is -0.392 e. The van der Waals surface area contributed by atoms with Crippen LogP contribution in [0.2, 0.25) is 0 Å². The molecule has 1 aliphatic rings. The van der Waals surface area contributed by atoms with Crippen LogP contribution in [0.3, 0.4) is 0 Å². The Kier molecular flexibility index (Phi) is 3.59. The van der Waals surface area contributed by atoms with E-state index in [0.717, 1.165) is 36.6 Å². The van der Waals surface area contributed by atoms with Gasteiger partial charge in [0.05, 0.1) is 6.61 Å². The second kappa shape index (κ2) is 4.86. The van der Waals surface area contributed by atoms with Crippen molar-refractivity contribution in [2.24, 2.45) is 0 Å². The summed E-state index contributed by atoms with van der Waals surface area (Å²) in [4.78, 5) is 9.01. The van der Waals surface area contributed by atoms with E-state index >= 15 is 0 Å². The molecule has 0 unspecified atom stereocenters. The number of rotatable bonds is 2. The third kappa shape index (κ3) is 2.49. The Morgan fingerprint density at radius 1 is 1.39 bits per heavy atom. The first-order chi connectivity index (χ1) is 8.44. The molecule has 1 aliphatic heterocycles. The predicted molar refractivity (Wildman–Crippen MR) is 73.8 cm³/mol. The van der Waals surface area contributed by atoms with Crippen LogP contribution in [0.1, 0.15) is 25.1 Å². The lowest BCUT2D eigenvalue weighted by Crippen LogP contribution is -2.57. The van der Waals surface area contributed by atoms with E-state index in [2.05, 4.69) is 41.7 Å². The molecule has 1 fully saturated rings. The molecule has 1 N–H and O–H groups in total. The van der Waals surface area contributed by atoms with Gasteiger partial charge in [0.25, 0.3) is 0 Å². The summed E-state index contributed by atoms with van der Waals surface area (Å²) in [5, 5.41) is 9.44. The first-order valence-corrected chi connectivity index (χ1v) is 6.46. The summed E-state index contributed by atoms with van der Waals surface area (Å²) in [5.41, 5.74) is 3.20. The van der Waals surface area contributed by atoms with Gasteiger partial charge in [0.15, 0.2) is 0 Å². The number of aliphatic hydroxyl groups excluding tert-OH is 1. The van der Waals surface area contributed by atoms with Crippen molar-refractivity contribution in [2.75, 3.05) is 31.6 Å². The summed E-state index contributed by atoms with van der Waals surface area (Å²) in [6.45, 7) is 9.56. The van der Waals surface area contributed by atoms with Crippen LogP contribution < -0.4 is 4.90 Å². The molecule has 0 atom stereocenters. The second-order valence-corrected chi connectivity index (χ2v) is 5.77.